The number of carbonyl (C=O) groups excluding carboxylic acids is 2. The van der Waals surface area contributed by atoms with Gasteiger partial charge in [-0.15, -0.1) is 0 Å². The second kappa shape index (κ2) is 10.2. The molecular formula is C26H21F6N3O2. The van der Waals surface area contributed by atoms with E-state index in [9.17, 15) is 35.9 Å². The second-order valence-electron chi connectivity index (χ2n) is 8.44. The molecule has 1 N–H and O–H groups in total. The third kappa shape index (κ3) is 6.22. The Bertz CT molecular complexity index is 1230. The fourth-order valence-corrected chi connectivity index (χ4v) is 3.98. The van der Waals surface area contributed by atoms with Crippen molar-refractivity contribution in [2.45, 2.75) is 12.4 Å². The maximum Gasteiger partial charge on any atom is 0.416 e. The van der Waals surface area contributed by atoms with Gasteiger partial charge in [0, 0.05) is 48.7 Å². The van der Waals surface area contributed by atoms with Crippen molar-refractivity contribution < 1.29 is 35.9 Å². The lowest BCUT2D eigenvalue weighted by Gasteiger charge is -2.36. The van der Waals surface area contributed by atoms with Crippen LogP contribution in [0.5, 0.6) is 0 Å². The Morgan fingerprint density at radius 2 is 1.22 bits per heavy atom. The number of hydrogen-bond acceptors (Lipinski definition) is 3. The molecule has 1 fully saturated rings. The van der Waals surface area contributed by atoms with Crippen LogP contribution in [0.25, 0.3) is 0 Å². The summed E-state index contributed by atoms with van der Waals surface area (Å²) in [6, 6.07) is 16.0. The van der Waals surface area contributed by atoms with Gasteiger partial charge in [-0.2, -0.15) is 26.3 Å². The van der Waals surface area contributed by atoms with Crippen molar-refractivity contribution in [1.82, 2.24) is 4.90 Å². The molecule has 4 rings (SSSR count). The zero-order valence-electron chi connectivity index (χ0n) is 19.2. The summed E-state index contributed by atoms with van der Waals surface area (Å²) in [5, 5.41) is 2.34. The van der Waals surface area contributed by atoms with Gasteiger partial charge in [-0.1, -0.05) is 18.2 Å². The van der Waals surface area contributed by atoms with Gasteiger partial charge in [-0.05, 0) is 54.6 Å². The van der Waals surface area contributed by atoms with Gasteiger partial charge in [0.1, 0.15) is 0 Å². The molecular weight excluding hydrogens is 500 g/mol. The first-order valence-electron chi connectivity index (χ1n) is 11.2. The van der Waals surface area contributed by atoms with Crippen molar-refractivity contribution in [2.24, 2.45) is 0 Å². The number of piperazine rings is 1. The van der Waals surface area contributed by atoms with Crippen LogP contribution in [-0.2, 0) is 12.4 Å². The summed E-state index contributed by atoms with van der Waals surface area (Å²) in [4.78, 5) is 28.9. The summed E-state index contributed by atoms with van der Waals surface area (Å²) in [5.74, 6) is -1.15. The molecule has 1 heterocycles. The number of halogens is 6. The molecule has 0 radical (unpaired) electrons. The Kier molecular flexibility index (Phi) is 7.15. The average Bonchev–Trinajstić information content (AvgIpc) is 2.88. The van der Waals surface area contributed by atoms with Gasteiger partial charge < -0.3 is 15.1 Å². The normalized spacial score (nSPS) is 14.4. The quantitative estimate of drug-likeness (QED) is 0.433. The molecule has 0 atom stereocenters. The molecule has 1 saturated heterocycles. The van der Waals surface area contributed by atoms with Crippen LogP contribution in [0.4, 0.5) is 37.7 Å². The maximum absolute atomic E-state index is 13.1. The highest BCUT2D eigenvalue weighted by molar-refractivity contribution is 6.04. The standard InChI is InChI=1S/C26H21F6N3O2/c27-25(28,29)19-14-18(15-20(16-19)26(30,31)32)23(36)33-21-6-8-22(9-7-21)34-10-12-35(13-11-34)24(37)17-4-2-1-3-5-17/h1-9,14-16H,10-13H2,(H,33,36). The zero-order valence-corrected chi connectivity index (χ0v) is 19.2. The number of amides is 2. The second-order valence-corrected chi connectivity index (χ2v) is 8.44. The molecule has 3 aromatic rings. The lowest BCUT2D eigenvalue weighted by atomic mass is 10.0. The molecule has 0 spiro atoms. The van der Waals surface area contributed by atoms with Crippen molar-refractivity contribution in [3.63, 3.8) is 0 Å². The van der Waals surface area contributed by atoms with Crippen LogP contribution in [-0.4, -0.2) is 42.9 Å². The Labute approximate surface area is 208 Å². The topological polar surface area (TPSA) is 52.7 Å². The fourth-order valence-electron chi connectivity index (χ4n) is 3.98. The zero-order chi connectivity index (χ0) is 26.8. The molecule has 1 aliphatic heterocycles. The van der Waals surface area contributed by atoms with Crippen LogP contribution in [0.1, 0.15) is 31.8 Å². The van der Waals surface area contributed by atoms with Gasteiger partial charge in [0.2, 0.25) is 0 Å². The van der Waals surface area contributed by atoms with Crippen LogP contribution in [0.15, 0.2) is 72.8 Å². The van der Waals surface area contributed by atoms with Crippen molar-refractivity contribution in [3.05, 3.63) is 95.1 Å². The van der Waals surface area contributed by atoms with Crippen molar-refractivity contribution in [3.8, 4) is 0 Å². The first kappa shape index (κ1) is 26.1. The number of carbonyl (C=O) groups is 2. The summed E-state index contributed by atoms with van der Waals surface area (Å²) < 4.78 is 78.5. The highest BCUT2D eigenvalue weighted by atomic mass is 19.4. The molecule has 0 saturated carbocycles. The molecule has 0 aliphatic carbocycles. The van der Waals surface area contributed by atoms with E-state index in [1.807, 2.05) is 11.0 Å². The average molecular weight is 521 g/mol. The monoisotopic (exact) mass is 521 g/mol. The first-order chi connectivity index (χ1) is 17.4. The lowest BCUT2D eigenvalue weighted by Crippen LogP contribution is -2.48. The third-order valence-electron chi connectivity index (χ3n) is 5.93. The van der Waals surface area contributed by atoms with Crippen LogP contribution < -0.4 is 10.2 Å². The van der Waals surface area contributed by atoms with Crippen LogP contribution >= 0.6 is 0 Å². The van der Waals surface area contributed by atoms with Crippen molar-refractivity contribution >= 4 is 23.2 Å². The molecule has 37 heavy (non-hydrogen) atoms. The molecule has 2 amide bonds. The molecule has 0 unspecified atom stereocenters. The SMILES string of the molecule is O=C(Nc1ccc(N2CCN(C(=O)c3ccccc3)CC2)cc1)c1cc(C(F)(F)F)cc(C(F)(F)F)c1. The smallest absolute Gasteiger partial charge is 0.368 e. The number of rotatable bonds is 4. The number of hydrogen-bond donors (Lipinski definition) is 1. The van der Waals surface area contributed by atoms with Gasteiger partial charge in [0.05, 0.1) is 11.1 Å². The van der Waals surface area contributed by atoms with E-state index in [0.717, 1.165) is 5.69 Å². The minimum atomic E-state index is -5.05. The Morgan fingerprint density at radius 1 is 0.676 bits per heavy atom. The van der Waals surface area contributed by atoms with Crippen molar-refractivity contribution in [1.29, 1.82) is 0 Å². The van der Waals surface area contributed by atoms with Crippen LogP contribution in [0, 0.1) is 0 Å². The van der Waals surface area contributed by atoms with Crippen LogP contribution in [0.2, 0.25) is 0 Å². The van der Waals surface area contributed by atoms with E-state index in [-0.39, 0.29) is 17.7 Å². The largest absolute Gasteiger partial charge is 0.416 e. The summed E-state index contributed by atoms with van der Waals surface area (Å²) in [7, 11) is 0. The number of nitrogens with zero attached hydrogens (tertiary/aromatic N) is 2. The minimum absolute atomic E-state index is 0.0290. The van der Waals surface area contributed by atoms with Gasteiger partial charge >= 0.3 is 12.4 Å². The summed E-state index contributed by atoms with van der Waals surface area (Å²) in [6.07, 6.45) is -10.1. The van der Waals surface area contributed by atoms with E-state index < -0.39 is 35.0 Å². The number of benzene rings is 3. The van der Waals surface area contributed by atoms with Gasteiger partial charge in [-0.3, -0.25) is 9.59 Å². The molecule has 0 aromatic heterocycles. The van der Waals surface area contributed by atoms with Crippen LogP contribution in [0.3, 0.4) is 0 Å². The molecule has 11 heteroatoms. The molecule has 0 bridgehead atoms. The number of nitrogens with one attached hydrogen (secondary N) is 1. The predicted octanol–water partition coefficient (Wildman–Crippen LogP) is 5.94. The first-order valence-corrected chi connectivity index (χ1v) is 11.2. The Balaban J connectivity index is 1.41. The van der Waals surface area contributed by atoms with E-state index in [1.54, 1.807) is 41.3 Å². The maximum atomic E-state index is 13.1. The molecule has 1 aliphatic rings. The van der Waals surface area contributed by atoms with E-state index in [4.69, 9.17) is 0 Å². The van der Waals surface area contributed by atoms with E-state index in [2.05, 4.69) is 5.32 Å². The third-order valence-corrected chi connectivity index (χ3v) is 5.93. The Morgan fingerprint density at radius 3 is 1.73 bits per heavy atom. The van der Waals surface area contributed by atoms with E-state index >= 15 is 0 Å². The van der Waals surface area contributed by atoms with E-state index in [0.29, 0.717) is 43.9 Å². The summed E-state index contributed by atoms with van der Waals surface area (Å²) in [6.45, 7) is 2.13. The molecule has 5 nitrogen and oxygen atoms in total. The van der Waals surface area contributed by atoms with Gasteiger partial charge in [-0.25, -0.2) is 0 Å². The number of anilines is 2. The van der Waals surface area contributed by atoms with Gasteiger partial charge in [0.25, 0.3) is 11.8 Å². The summed E-state index contributed by atoms with van der Waals surface area (Å²) >= 11 is 0. The fraction of sp³-hybridized carbons (Fsp3) is 0.231. The minimum Gasteiger partial charge on any atom is -0.368 e. The van der Waals surface area contributed by atoms with Crippen molar-refractivity contribution in [2.75, 3.05) is 36.4 Å². The Hall–Kier alpha value is -4.02. The van der Waals surface area contributed by atoms with Gasteiger partial charge in [0.15, 0.2) is 0 Å². The lowest BCUT2D eigenvalue weighted by molar-refractivity contribution is -0.143. The highest BCUT2D eigenvalue weighted by Gasteiger charge is 2.37. The predicted molar refractivity (Wildman–Crippen MR) is 125 cm³/mol. The molecule has 194 valence electrons. The highest BCUT2D eigenvalue weighted by Crippen LogP contribution is 2.36. The molecule has 3 aromatic carbocycles. The summed E-state index contributed by atoms with van der Waals surface area (Å²) in [5.41, 5.74) is -2.27. The van der Waals surface area contributed by atoms with E-state index in [1.165, 1.54) is 12.1 Å². The number of alkyl halides is 6.